The molecule has 0 fully saturated rings. The van der Waals surface area contributed by atoms with Crippen molar-refractivity contribution in [2.75, 3.05) is 0 Å². The van der Waals surface area contributed by atoms with Crippen LogP contribution in [0.1, 0.15) is 32.6 Å². The van der Waals surface area contributed by atoms with Crippen molar-refractivity contribution in [1.29, 1.82) is 0 Å². The first kappa shape index (κ1) is 14.9. The molecule has 0 heterocycles. The van der Waals surface area contributed by atoms with E-state index >= 15 is 0 Å². The van der Waals surface area contributed by atoms with Crippen molar-refractivity contribution in [2.24, 2.45) is 0 Å². The molecule has 1 atom stereocenters. The summed E-state index contributed by atoms with van der Waals surface area (Å²) in [5, 5.41) is 0. The summed E-state index contributed by atoms with van der Waals surface area (Å²) in [6, 6.07) is 10.3. The van der Waals surface area contributed by atoms with Crippen molar-refractivity contribution in [1.82, 2.24) is 0 Å². The zero-order valence-electron chi connectivity index (χ0n) is 11.1. The molecule has 0 bridgehead atoms. The molecule has 1 nitrogen and oxygen atoms in total. The molecule has 2 heteroatoms. The normalized spacial score (nSPS) is 11.8. The van der Waals surface area contributed by atoms with Crippen molar-refractivity contribution in [2.45, 2.75) is 43.6 Å². The van der Waals surface area contributed by atoms with Crippen LogP contribution in [0.4, 0.5) is 0 Å². The molecule has 0 amide bonds. The van der Waals surface area contributed by atoms with E-state index in [1.165, 1.54) is 30.4 Å². The van der Waals surface area contributed by atoms with Gasteiger partial charge in [-0.05, 0) is 25.0 Å². The molecule has 0 radical (unpaired) electrons. The molecule has 18 heavy (non-hydrogen) atoms. The van der Waals surface area contributed by atoms with Crippen LogP contribution in [-0.2, 0) is 4.74 Å². The van der Waals surface area contributed by atoms with Crippen LogP contribution >= 0.6 is 11.8 Å². The maximum atomic E-state index is 5.57. The SMILES string of the molecule is C=COC(CCCCC)C(=C)Sc1ccccc1. The fourth-order valence-electron chi connectivity index (χ4n) is 1.71. The summed E-state index contributed by atoms with van der Waals surface area (Å²) in [5.41, 5.74) is 0. The van der Waals surface area contributed by atoms with Gasteiger partial charge in [-0.2, -0.15) is 0 Å². The summed E-state index contributed by atoms with van der Waals surface area (Å²) >= 11 is 1.68. The highest BCUT2D eigenvalue weighted by Crippen LogP contribution is 2.30. The first-order valence-electron chi connectivity index (χ1n) is 6.46. The third-order valence-corrected chi connectivity index (χ3v) is 3.71. The number of benzene rings is 1. The van der Waals surface area contributed by atoms with E-state index in [1.807, 2.05) is 18.2 Å². The smallest absolute Gasteiger partial charge is 0.128 e. The molecule has 1 unspecified atom stereocenters. The quantitative estimate of drug-likeness (QED) is 0.335. The van der Waals surface area contributed by atoms with Crippen molar-refractivity contribution in [3.63, 3.8) is 0 Å². The average Bonchev–Trinajstić information content (AvgIpc) is 2.39. The Bertz CT molecular complexity index is 359. The van der Waals surface area contributed by atoms with Gasteiger partial charge in [0, 0.05) is 9.80 Å². The molecule has 0 saturated heterocycles. The van der Waals surface area contributed by atoms with Crippen LogP contribution in [0, 0.1) is 0 Å². The van der Waals surface area contributed by atoms with E-state index in [0.29, 0.717) is 0 Å². The second-order valence-electron chi connectivity index (χ2n) is 4.17. The van der Waals surface area contributed by atoms with Gasteiger partial charge in [0.1, 0.15) is 6.10 Å². The summed E-state index contributed by atoms with van der Waals surface area (Å²) in [5.74, 6) is 0. The standard InChI is InChI=1S/C16H22OS/c1-4-6-8-13-16(17-5-2)14(3)18-15-11-9-7-10-12-15/h5,7,9-12,16H,2-4,6,8,13H2,1H3. The molecule has 0 aliphatic carbocycles. The number of rotatable bonds is 9. The van der Waals surface area contributed by atoms with Crippen molar-refractivity contribution in [3.8, 4) is 0 Å². The zero-order valence-corrected chi connectivity index (χ0v) is 11.9. The molecule has 0 spiro atoms. The Hall–Kier alpha value is -1.15. The molecule has 0 aliphatic heterocycles. The van der Waals surface area contributed by atoms with Gasteiger partial charge in [0.05, 0.1) is 6.26 Å². The number of hydrogen-bond donors (Lipinski definition) is 0. The van der Waals surface area contributed by atoms with Crippen LogP contribution in [-0.4, -0.2) is 6.10 Å². The Balaban J connectivity index is 2.51. The monoisotopic (exact) mass is 262 g/mol. The van der Waals surface area contributed by atoms with Crippen molar-refractivity contribution >= 4 is 11.8 Å². The summed E-state index contributed by atoms with van der Waals surface area (Å²) in [4.78, 5) is 2.26. The Morgan fingerprint density at radius 2 is 2.06 bits per heavy atom. The van der Waals surface area contributed by atoms with Gasteiger partial charge in [0.25, 0.3) is 0 Å². The number of unbranched alkanes of at least 4 members (excludes halogenated alkanes) is 2. The molecule has 1 aromatic rings. The minimum absolute atomic E-state index is 0.0688. The summed E-state index contributed by atoms with van der Waals surface area (Å²) in [6.45, 7) is 9.99. The van der Waals surface area contributed by atoms with E-state index in [4.69, 9.17) is 4.74 Å². The van der Waals surface area contributed by atoms with E-state index in [9.17, 15) is 0 Å². The summed E-state index contributed by atoms with van der Waals surface area (Å²) in [7, 11) is 0. The van der Waals surface area contributed by atoms with E-state index < -0.39 is 0 Å². The van der Waals surface area contributed by atoms with Crippen LogP contribution in [0.15, 0.2) is 59.6 Å². The maximum absolute atomic E-state index is 5.57. The topological polar surface area (TPSA) is 9.23 Å². The third-order valence-electron chi connectivity index (χ3n) is 2.68. The van der Waals surface area contributed by atoms with Crippen LogP contribution in [0.5, 0.6) is 0 Å². The fraction of sp³-hybridized carbons (Fsp3) is 0.375. The minimum Gasteiger partial charge on any atom is -0.493 e. The van der Waals surface area contributed by atoms with Crippen LogP contribution < -0.4 is 0 Å². The Morgan fingerprint density at radius 1 is 1.33 bits per heavy atom. The molecule has 1 aromatic carbocycles. The second-order valence-corrected chi connectivity index (χ2v) is 5.37. The second kappa shape index (κ2) is 8.87. The average molecular weight is 262 g/mol. The minimum atomic E-state index is 0.0688. The lowest BCUT2D eigenvalue weighted by Gasteiger charge is -2.18. The molecular formula is C16H22OS. The first-order chi connectivity index (χ1) is 8.77. The molecular weight excluding hydrogens is 240 g/mol. The molecule has 1 rings (SSSR count). The number of hydrogen-bond acceptors (Lipinski definition) is 2. The van der Waals surface area contributed by atoms with Gasteiger partial charge >= 0.3 is 0 Å². The molecule has 98 valence electrons. The number of thioether (sulfide) groups is 1. The zero-order chi connectivity index (χ0) is 13.2. The predicted molar refractivity (Wildman–Crippen MR) is 80.7 cm³/mol. The van der Waals surface area contributed by atoms with E-state index in [2.05, 4.69) is 32.2 Å². The van der Waals surface area contributed by atoms with Gasteiger partial charge in [0.15, 0.2) is 0 Å². The molecule has 0 aliphatic rings. The highest BCUT2D eigenvalue weighted by atomic mass is 32.2. The Kier molecular flexibility index (Phi) is 7.35. The van der Waals surface area contributed by atoms with Gasteiger partial charge in [-0.15, -0.1) is 0 Å². The maximum Gasteiger partial charge on any atom is 0.128 e. The Morgan fingerprint density at radius 3 is 2.67 bits per heavy atom. The third kappa shape index (κ3) is 5.46. The van der Waals surface area contributed by atoms with Gasteiger partial charge in [-0.3, -0.25) is 0 Å². The van der Waals surface area contributed by atoms with Gasteiger partial charge < -0.3 is 4.74 Å². The predicted octanol–water partition coefficient (Wildman–Crippen LogP) is 5.40. The summed E-state index contributed by atoms with van der Waals surface area (Å²) < 4.78 is 5.57. The Labute approximate surface area is 115 Å². The van der Waals surface area contributed by atoms with E-state index in [0.717, 1.165) is 11.3 Å². The molecule has 0 saturated carbocycles. The van der Waals surface area contributed by atoms with Gasteiger partial charge in [0.2, 0.25) is 0 Å². The van der Waals surface area contributed by atoms with Crippen LogP contribution in [0.3, 0.4) is 0 Å². The molecule has 0 aromatic heterocycles. The lowest BCUT2D eigenvalue weighted by molar-refractivity contribution is 0.172. The summed E-state index contributed by atoms with van der Waals surface area (Å²) in [6.07, 6.45) is 6.23. The fourth-order valence-corrected chi connectivity index (χ4v) is 2.61. The van der Waals surface area contributed by atoms with E-state index in [1.54, 1.807) is 11.8 Å². The van der Waals surface area contributed by atoms with Crippen LogP contribution in [0.2, 0.25) is 0 Å². The molecule has 0 N–H and O–H groups in total. The van der Waals surface area contributed by atoms with Crippen molar-refractivity contribution < 1.29 is 4.74 Å². The van der Waals surface area contributed by atoms with Gasteiger partial charge in [-0.25, -0.2) is 0 Å². The van der Waals surface area contributed by atoms with Crippen LogP contribution in [0.25, 0.3) is 0 Å². The first-order valence-corrected chi connectivity index (χ1v) is 7.27. The van der Waals surface area contributed by atoms with Gasteiger partial charge in [-0.1, -0.05) is 62.9 Å². The highest BCUT2D eigenvalue weighted by Gasteiger charge is 2.13. The lowest BCUT2D eigenvalue weighted by Crippen LogP contribution is -2.10. The van der Waals surface area contributed by atoms with E-state index in [-0.39, 0.29) is 6.10 Å². The largest absolute Gasteiger partial charge is 0.493 e. The lowest BCUT2D eigenvalue weighted by atomic mass is 10.1. The highest BCUT2D eigenvalue weighted by molar-refractivity contribution is 8.03. The van der Waals surface area contributed by atoms with Crippen molar-refractivity contribution in [3.05, 3.63) is 54.7 Å². The number of ether oxygens (including phenoxy) is 1.